The van der Waals surface area contributed by atoms with Crippen molar-refractivity contribution in [2.75, 3.05) is 18.5 Å². The van der Waals surface area contributed by atoms with Crippen molar-refractivity contribution in [2.45, 2.75) is 13.8 Å². The molecular weight excluding hydrogens is 310 g/mol. The molecule has 0 aliphatic carbocycles. The van der Waals surface area contributed by atoms with Crippen molar-refractivity contribution in [1.82, 2.24) is 0 Å². The van der Waals surface area contributed by atoms with Gasteiger partial charge in [-0.3, -0.25) is 4.79 Å². The van der Waals surface area contributed by atoms with Crippen molar-refractivity contribution in [2.24, 2.45) is 0 Å². The zero-order chi connectivity index (χ0) is 17.1. The number of carbonyl (C=O) groups is 2. The number of nitrogens with one attached hydrogen (secondary N) is 1. The molecule has 3 rings (SSSR count). The van der Waals surface area contributed by atoms with Crippen LogP contribution in [0.3, 0.4) is 0 Å². The molecule has 124 valence electrons. The van der Waals surface area contributed by atoms with Gasteiger partial charge in [-0.05, 0) is 37.1 Å². The smallest absolute Gasteiger partial charge is 0.349 e. The third-order valence-electron chi connectivity index (χ3n) is 3.56. The van der Waals surface area contributed by atoms with Gasteiger partial charge in [0.1, 0.15) is 17.2 Å². The van der Waals surface area contributed by atoms with Gasteiger partial charge in [-0.1, -0.05) is 18.2 Å². The van der Waals surface area contributed by atoms with Gasteiger partial charge in [0.15, 0.2) is 13.2 Å². The van der Waals surface area contributed by atoms with Crippen LogP contribution in [0, 0.1) is 13.8 Å². The molecule has 0 spiro atoms. The molecule has 2 aromatic rings. The Labute approximate surface area is 139 Å². The van der Waals surface area contributed by atoms with Gasteiger partial charge in [0.2, 0.25) is 0 Å². The minimum atomic E-state index is -0.516. The van der Waals surface area contributed by atoms with E-state index in [4.69, 9.17) is 14.2 Å². The third-order valence-corrected chi connectivity index (χ3v) is 3.56. The fraction of sp³-hybridized carbons (Fsp3) is 0.222. The highest BCUT2D eigenvalue weighted by Crippen LogP contribution is 2.31. The lowest BCUT2D eigenvalue weighted by Crippen LogP contribution is -2.25. The van der Waals surface area contributed by atoms with Crippen molar-refractivity contribution in [3.05, 3.63) is 47.5 Å². The number of carbonyl (C=O) groups excluding carboxylic acids is 2. The lowest BCUT2D eigenvalue weighted by atomic mass is 10.1. The first-order valence-electron chi connectivity index (χ1n) is 7.49. The lowest BCUT2D eigenvalue weighted by molar-refractivity contribution is -0.136. The van der Waals surface area contributed by atoms with Gasteiger partial charge < -0.3 is 19.5 Å². The molecule has 1 amide bonds. The minimum Gasteiger partial charge on any atom is -0.481 e. The maximum Gasteiger partial charge on any atom is 0.349 e. The molecule has 6 nitrogen and oxygen atoms in total. The predicted octanol–water partition coefficient (Wildman–Crippen LogP) is 2.62. The number of rotatable bonds is 4. The summed E-state index contributed by atoms with van der Waals surface area (Å²) in [6.45, 7) is 3.59. The summed E-state index contributed by atoms with van der Waals surface area (Å²) in [5.74, 6) is 0.758. The molecule has 2 aromatic carbocycles. The van der Waals surface area contributed by atoms with Crippen molar-refractivity contribution in [3.8, 4) is 17.2 Å². The van der Waals surface area contributed by atoms with Crippen molar-refractivity contribution >= 4 is 17.6 Å². The van der Waals surface area contributed by atoms with Crippen molar-refractivity contribution < 1.29 is 23.8 Å². The quantitative estimate of drug-likeness (QED) is 0.690. The molecule has 0 atom stereocenters. The predicted molar refractivity (Wildman–Crippen MR) is 87.6 cm³/mol. The number of fused-ring (bicyclic) bond motifs is 1. The number of ether oxygens (including phenoxy) is 3. The molecule has 0 aromatic heterocycles. The van der Waals surface area contributed by atoms with Crippen molar-refractivity contribution in [3.63, 3.8) is 0 Å². The van der Waals surface area contributed by atoms with Gasteiger partial charge in [0.05, 0.1) is 5.69 Å². The summed E-state index contributed by atoms with van der Waals surface area (Å²) in [5.41, 5.74) is 2.47. The van der Waals surface area contributed by atoms with Gasteiger partial charge in [0, 0.05) is 6.07 Å². The van der Waals surface area contributed by atoms with E-state index >= 15 is 0 Å². The number of para-hydroxylation sites is 1. The van der Waals surface area contributed by atoms with E-state index in [0.717, 1.165) is 11.1 Å². The fourth-order valence-electron chi connectivity index (χ4n) is 2.44. The average Bonchev–Trinajstić information content (AvgIpc) is 2.54. The van der Waals surface area contributed by atoms with Gasteiger partial charge in [-0.25, -0.2) is 4.79 Å². The summed E-state index contributed by atoms with van der Waals surface area (Å²) >= 11 is 0. The molecule has 24 heavy (non-hydrogen) atoms. The standard InChI is InChI=1S/C18H17NO5/c1-11-4-3-5-12(2)18(11)23-10-17(21)24-13-6-7-14-15(8-13)22-9-16(20)19-14/h3-8H,9-10H2,1-2H3,(H,19,20). The molecule has 6 heteroatoms. The number of hydrogen-bond donors (Lipinski definition) is 1. The Bertz CT molecular complexity index is 780. The summed E-state index contributed by atoms with van der Waals surface area (Å²) < 4.78 is 16.1. The molecule has 1 aliphatic heterocycles. The Morgan fingerprint density at radius 1 is 1.21 bits per heavy atom. The first kappa shape index (κ1) is 15.9. The van der Waals surface area contributed by atoms with Crippen LogP contribution in [0.15, 0.2) is 36.4 Å². The van der Waals surface area contributed by atoms with E-state index < -0.39 is 5.97 Å². The second kappa shape index (κ2) is 6.62. The van der Waals surface area contributed by atoms with Crippen LogP contribution in [0.1, 0.15) is 11.1 Å². The topological polar surface area (TPSA) is 73.9 Å². The van der Waals surface area contributed by atoms with Crippen LogP contribution in [0.4, 0.5) is 5.69 Å². The summed E-state index contributed by atoms with van der Waals surface area (Å²) in [4.78, 5) is 23.2. The highest BCUT2D eigenvalue weighted by atomic mass is 16.6. The van der Waals surface area contributed by atoms with Crippen LogP contribution >= 0.6 is 0 Å². The van der Waals surface area contributed by atoms with E-state index in [1.165, 1.54) is 0 Å². The van der Waals surface area contributed by atoms with E-state index in [2.05, 4.69) is 5.32 Å². The second-order valence-corrected chi connectivity index (χ2v) is 5.48. The van der Waals surface area contributed by atoms with Gasteiger partial charge in [-0.2, -0.15) is 0 Å². The average molecular weight is 327 g/mol. The van der Waals surface area contributed by atoms with E-state index in [0.29, 0.717) is 22.9 Å². The van der Waals surface area contributed by atoms with E-state index in [9.17, 15) is 9.59 Å². The van der Waals surface area contributed by atoms with Crippen LogP contribution in [-0.2, 0) is 9.59 Å². The Kier molecular flexibility index (Phi) is 4.37. The van der Waals surface area contributed by atoms with Gasteiger partial charge in [-0.15, -0.1) is 0 Å². The normalized spacial score (nSPS) is 12.7. The molecule has 0 bridgehead atoms. The molecule has 0 saturated heterocycles. The van der Waals surface area contributed by atoms with Gasteiger partial charge in [0.25, 0.3) is 5.91 Å². The molecular formula is C18H17NO5. The maximum absolute atomic E-state index is 12.0. The minimum absolute atomic E-state index is 0.0555. The van der Waals surface area contributed by atoms with Crippen LogP contribution in [0.25, 0.3) is 0 Å². The molecule has 1 heterocycles. The first-order valence-corrected chi connectivity index (χ1v) is 7.49. The van der Waals surface area contributed by atoms with E-state index in [1.54, 1.807) is 18.2 Å². The van der Waals surface area contributed by atoms with Gasteiger partial charge >= 0.3 is 5.97 Å². The van der Waals surface area contributed by atoms with E-state index in [1.807, 2.05) is 32.0 Å². The summed E-state index contributed by atoms with van der Waals surface area (Å²) in [6.07, 6.45) is 0. The fourth-order valence-corrected chi connectivity index (χ4v) is 2.44. The lowest BCUT2D eigenvalue weighted by Gasteiger charge is -2.18. The Morgan fingerprint density at radius 2 is 1.96 bits per heavy atom. The Balaban J connectivity index is 1.62. The van der Waals surface area contributed by atoms with Crippen LogP contribution in [0.2, 0.25) is 0 Å². The molecule has 1 N–H and O–H groups in total. The third kappa shape index (κ3) is 3.48. The zero-order valence-corrected chi connectivity index (χ0v) is 13.4. The molecule has 1 aliphatic rings. The number of amides is 1. The number of hydrogen-bond acceptors (Lipinski definition) is 5. The summed E-state index contributed by atoms with van der Waals surface area (Å²) in [5, 5.41) is 2.67. The maximum atomic E-state index is 12.0. The van der Waals surface area contributed by atoms with Crippen LogP contribution in [-0.4, -0.2) is 25.1 Å². The largest absolute Gasteiger partial charge is 0.481 e. The number of esters is 1. The molecule has 0 saturated carbocycles. The highest BCUT2D eigenvalue weighted by molar-refractivity contribution is 5.95. The molecule has 0 unspecified atom stereocenters. The SMILES string of the molecule is Cc1cccc(C)c1OCC(=O)Oc1ccc2c(c1)OCC(=O)N2. The zero-order valence-electron chi connectivity index (χ0n) is 13.4. The summed E-state index contributed by atoms with van der Waals surface area (Å²) in [7, 11) is 0. The first-order chi connectivity index (χ1) is 11.5. The van der Waals surface area contributed by atoms with Crippen LogP contribution < -0.4 is 19.5 Å². The van der Waals surface area contributed by atoms with Crippen molar-refractivity contribution in [1.29, 1.82) is 0 Å². The number of benzene rings is 2. The number of aryl methyl sites for hydroxylation is 2. The second-order valence-electron chi connectivity index (χ2n) is 5.48. The van der Waals surface area contributed by atoms with Crippen LogP contribution in [0.5, 0.6) is 17.2 Å². The monoisotopic (exact) mass is 327 g/mol. The molecule has 0 fully saturated rings. The Morgan fingerprint density at radius 3 is 2.71 bits per heavy atom. The Hall–Kier alpha value is -3.02. The van der Waals surface area contributed by atoms with E-state index in [-0.39, 0.29) is 19.1 Å². The summed E-state index contributed by atoms with van der Waals surface area (Å²) in [6, 6.07) is 10.5. The number of anilines is 1. The molecule has 0 radical (unpaired) electrons. The highest BCUT2D eigenvalue weighted by Gasteiger charge is 2.17.